The molecular formula is C99H167N19O30S. The lowest BCUT2D eigenvalue weighted by atomic mass is 9.97. The van der Waals surface area contributed by atoms with Crippen molar-refractivity contribution in [3.63, 3.8) is 0 Å². The highest BCUT2D eigenvalue weighted by Gasteiger charge is 2.40. The number of carboxylic acids is 4. The zero-order valence-electron chi connectivity index (χ0n) is 86.7. The summed E-state index contributed by atoms with van der Waals surface area (Å²) in [6.45, 7) is 3.90. The first-order valence-corrected chi connectivity index (χ1v) is 53.1. The second-order valence-corrected chi connectivity index (χ2v) is 38.3. The number of hydrogen-bond donors (Lipinski definition) is 25. The van der Waals surface area contributed by atoms with Gasteiger partial charge in [-0.15, -0.1) is 0 Å². The van der Waals surface area contributed by atoms with E-state index in [1.54, 1.807) is 37.3 Å². The topological polar surface area (TPSA) is 828 Å². The Morgan fingerprint density at radius 2 is 0.678 bits per heavy atom. The average molecular weight is 2140 g/mol. The van der Waals surface area contributed by atoms with Crippen LogP contribution in [-0.2, 0) is 121 Å². The first kappa shape index (κ1) is 135. The molecule has 0 bridgehead atoms. The normalized spacial score (nSPS) is 14.1. The minimum absolute atomic E-state index is 0.0386. The molecule has 0 aliphatic heterocycles. The number of aliphatic carboxylic acids is 4. The number of carboxylic acid groups (broad SMARTS) is 4. The summed E-state index contributed by atoms with van der Waals surface area (Å²) < 4.78 is 11.4. The lowest BCUT2D eigenvalue weighted by molar-refractivity contribution is -0.157. The van der Waals surface area contributed by atoms with E-state index < -0.39 is 292 Å². The van der Waals surface area contributed by atoms with E-state index >= 15 is 0 Å². The van der Waals surface area contributed by atoms with Gasteiger partial charge in [0.2, 0.25) is 94.5 Å². The number of esters is 2. The van der Waals surface area contributed by atoms with E-state index in [2.05, 4.69) is 61.7 Å². The Labute approximate surface area is 874 Å². The number of aliphatic hydroxyl groups is 2. The molecule has 0 aliphatic carbocycles. The van der Waals surface area contributed by atoms with Crippen LogP contribution >= 0.6 is 11.8 Å². The summed E-state index contributed by atoms with van der Waals surface area (Å²) in [4.78, 5) is 294. The number of benzene rings is 1. The van der Waals surface area contributed by atoms with Crippen LogP contribution in [0.3, 0.4) is 0 Å². The fourth-order valence-corrected chi connectivity index (χ4v) is 16.4. The fourth-order valence-electron chi connectivity index (χ4n) is 15.5. The molecule has 1 aromatic rings. The van der Waals surface area contributed by atoms with Crippen LogP contribution in [0.25, 0.3) is 0 Å². The van der Waals surface area contributed by atoms with Gasteiger partial charge in [0.1, 0.15) is 85.2 Å². The van der Waals surface area contributed by atoms with Gasteiger partial charge < -0.3 is 144 Å². The number of aliphatic hydroxyl groups excluding tert-OH is 2. The van der Waals surface area contributed by atoms with Crippen LogP contribution in [0.4, 0.5) is 0 Å². The molecule has 1 rings (SSSR count). The second-order valence-electron chi connectivity index (χ2n) is 37.2. The van der Waals surface area contributed by atoms with Crippen LogP contribution in [-0.4, -0.2) is 297 Å². The van der Waals surface area contributed by atoms with E-state index in [9.17, 15) is 136 Å². The van der Waals surface area contributed by atoms with Crippen LogP contribution in [0.5, 0.6) is 0 Å². The lowest BCUT2D eigenvalue weighted by Gasteiger charge is -2.29. The Hall–Kier alpha value is -12.3. The fraction of sp³-hybridized carbons (Fsp3) is 0.717. The van der Waals surface area contributed by atoms with Crippen molar-refractivity contribution in [2.45, 2.75) is 395 Å². The van der Waals surface area contributed by atoms with Gasteiger partial charge in [-0.2, -0.15) is 11.8 Å². The predicted octanol–water partition coefficient (Wildman–Crippen LogP) is -0.155. The van der Waals surface area contributed by atoms with E-state index in [1.165, 1.54) is 103 Å². The smallest absolute Gasteiger partial charge is 0.326 e. The minimum Gasteiger partial charge on any atom is -0.481 e. The highest BCUT2D eigenvalue weighted by atomic mass is 32.2. The molecule has 0 aliphatic rings. The van der Waals surface area contributed by atoms with Crippen molar-refractivity contribution in [2.24, 2.45) is 40.3 Å². The molecule has 2 unspecified atom stereocenters. The summed E-state index contributed by atoms with van der Waals surface area (Å²) in [5.41, 5.74) is 34.3. The van der Waals surface area contributed by atoms with Crippen molar-refractivity contribution < 1.29 is 146 Å². The quantitative estimate of drug-likeness (QED) is 0.0298. The SMILES string of the molecule is CCCCCCCCCCCCCCCC(=O)OCC(CSCC(N)C(=O)NCC(=O)N[C@@H](CC(N)=O)C(=O)N[C@@H](CC(N)=O)C(=O)N[C@@H](CC(=O)O)C(=O)N[C@@H](CCC(=O)O)C(=O)N[C@@H](CO)C(=O)N[C@@H](CC(N)=O)C(=O)N[C@H](C(=O)N[C@@H](CO)C(=O)N[C@@H](Cc1ccccc1)C(=O)N[C@@H](CCCCN)C(=O)N[C@@H](CCC(=O)O)C(=O)N[C@@H](CCCCN)C(=O)O)[C@@H](C)CC)OC(=O)CCCCCCCCCCCCCCC. The van der Waals surface area contributed by atoms with Gasteiger partial charge in [-0.3, -0.25) is 101 Å². The van der Waals surface area contributed by atoms with Crippen molar-refractivity contribution in [3.05, 3.63) is 35.9 Å². The maximum absolute atomic E-state index is 14.5. The van der Waals surface area contributed by atoms with Crippen molar-refractivity contribution in [1.29, 1.82) is 0 Å². The maximum Gasteiger partial charge on any atom is 0.326 e. The van der Waals surface area contributed by atoms with E-state index in [1.807, 2.05) is 21.3 Å². The van der Waals surface area contributed by atoms with Gasteiger partial charge in [0.05, 0.1) is 51.5 Å². The third-order valence-electron chi connectivity index (χ3n) is 24.2. The number of ether oxygens (including phenoxy) is 2. The van der Waals surface area contributed by atoms with Gasteiger partial charge in [-0.1, -0.05) is 219 Å². The lowest BCUT2D eigenvalue weighted by Crippen LogP contribution is -2.62. The largest absolute Gasteiger partial charge is 0.481 e. The number of nitrogens with two attached hydrogens (primary N) is 6. The molecular weight excluding hydrogens is 1970 g/mol. The molecule has 1 aromatic carbocycles. The number of primary amides is 3. The third-order valence-corrected chi connectivity index (χ3v) is 25.4. The van der Waals surface area contributed by atoms with Crippen LogP contribution in [0, 0.1) is 5.92 Å². The Kier molecular flexibility index (Phi) is 72.9. The predicted molar refractivity (Wildman–Crippen MR) is 548 cm³/mol. The summed E-state index contributed by atoms with van der Waals surface area (Å²) in [6.07, 6.45) is 21.2. The molecule has 149 heavy (non-hydrogen) atoms. The van der Waals surface area contributed by atoms with Crippen LogP contribution in [0.2, 0.25) is 0 Å². The van der Waals surface area contributed by atoms with Gasteiger partial charge in [0.25, 0.3) is 0 Å². The second kappa shape index (κ2) is 80.7. The number of nitrogens with one attached hydrogen (secondary N) is 13. The standard InChI is InChI=1S/C99H167N19O30S/c1-5-8-10-12-14-16-18-20-22-24-26-28-33-43-84(131)147-59-64(148-85(132)44-34-29-27-25-23-21-19-17-15-13-11-9-6-2)60-149-61-65(102)87(133)106-56-80(124)107-71(52-77(103)121)92(138)113-72(53-78(104)122)93(139)115-74(55-83(129)130)94(140)110-68(46-48-82(127)128)90(136)116-75(57-119)96(142)114-73(54-79(105)123)95(141)118-86(62(4)7-3)98(144)117-76(58-120)97(143)112-70(51-63-39-31-30-32-40-63)91(137)108-66(41-35-37-49-100)88(134)109-67(45-47-81(125)126)89(135)111-69(99(145)146)42-36-38-50-101/h30-32,39-40,62,64-76,86,119-120H,5-29,33-38,41-61,100-102H2,1-4H3,(H2,103,121)(H2,104,122)(H2,105,123)(H,106,133)(H,107,124)(H,108,137)(H,109,134)(H,110,140)(H,111,135)(H,112,143)(H,113,138)(H,114,142)(H,115,139)(H,116,136)(H,117,144)(H,118,141)(H,125,126)(H,127,128)(H,129,130)(H,145,146)/t62-,64?,65?,66-,67-,68-,69-,70-,71-,72-,73-,74-,75-,76-,86-/m0/s1. The van der Waals surface area contributed by atoms with Crippen molar-refractivity contribution in [1.82, 2.24) is 69.1 Å². The summed E-state index contributed by atoms with van der Waals surface area (Å²) >= 11 is 1.08. The molecule has 0 fully saturated rings. The van der Waals surface area contributed by atoms with E-state index in [-0.39, 0.29) is 82.6 Å². The monoisotopic (exact) mass is 2130 g/mol. The molecule has 0 saturated carbocycles. The molecule has 15 atom stereocenters. The molecule has 0 radical (unpaired) electrons. The summed E-state index contributed by atoms with van der Waals surface area (Å²) in [6, 6.07) is -16.6. The molecule has 50 heteroatoms. The molecule has 0 aromatic heterocycles. The minimum atomic E-state index is -2.35. The molecule has 844 valence electrons. The maximum atomic E-state index is 14.5. The van der Waals surface area contributed by atoms with Gasteiger partial charge in [-0.05, 0) is 88.8 Å². The van der Waals surface area contributed by atoms with Crippen LogP contribution in [0.1, 0.15) is 309 Å². The number of thioether (sulfide) groups is 1. The van der Waals surface area contributed by atoms with Crippen molar-refractivity contribution >= 4 is 142 Å². The number of amides is 16. The first-order valence-electron chi connectivity index (χ1n) is 52.0. The number of carbonyl (C=O) groups excluding carboxylic acids is 18. The van der Waals surface area contributed by atoms with Gasteiger partial charge in [-0.25, -0.2) is 4.79 Å². The van der Waals surface area contributed by atoms with E-state index in [0.29, 0.717) is 31.2 Å². The molecule has 0 saturated heterocycles. The van der Waals surface area contributed by atoms with Crippen molar-refractivity contribution in [2.75, 3.05) is 51.0 Å². The third kappa shape index (κ3) is 63.3. The zero-order chi connectivity index (χ0) is 112. The molecule has 0 heterocycles. The summed E-state index contributed by atoms with van der Waals surface area (Å²) in [5.74, 6) is -28.9. The van der Waals surface area contributed by atoms with Crippen LogP contribution < -0.4 is 104 Å². The van der Waals surface area contributed by atoms with Crippen molar-refractivity contribution in [3.8, 4) is 0 Å². The molecule has 0 spiro atoms. The van der Waals surface area contributed by atoms with Crippen LogP contribution in [0.15, 0.2) is 30.3 Å². The summed E-state index contributed by atoms with van der Waals surface area (Å²) in [7, 11) is 0. The first-order chi connectivity index (χ1) is 71.0. The number of unbranched alkanes of at least 4 members (excludes halogenated alkanes) is 26. The number of carbonyl (C=O) groups is 22. The van der Waals surface area contributed by atoms with E-state index in [0.717, 1.165) is 69.5 Å². The van der Waals surface area contributed by atoms with Gasteiger partial charge in [0, 0.05) is 43.6 Å². The van der Waals surface area contributed by atoms with Gasteiger partial charge >= 0.3 is 35.8 Å². The Morgan fingerprint density at radius 1 is 0.342 bits per heavy atom. The Morgan fingerprint density at radius 3 is 1.07 bits per heavy atom. The number of rotatable bonds is 90. The van der Waals surface area contributed by atoms with Gasteiger partial charge in [0.15, 0.2) is 0 Å². The summed E-state index contributed by atoms with van der Waals surface area (Å²) in [5, 5.41) is 89.1. The Balaban J connectivity index is 3.43. The average Bonchev–Trinajstić information content (AvgIpc) is 0.831. The molecule has 49 nitrogen and oxygen atoms in total. The van der Waals surface area contributed by atoms with E-state index in [4.69, 9.17) is 43.9 Å². The Bertz CT molecular complexity index is 4320. The number of hydrogen-bond acceptors (Lipinski definition) is 30. The molecule has 16 amide bonds. The highest BCUT2D eigenvalue weighted by Crippen LogP contribution is 2.20. The highest BCUT2D eigenvalue weighted by molar-refractivity contribution is 7.99. The molecule has 31 N–H and O–H groups in total. The zero-order valence-corrected chi connectivity index (χ0v) is 87.5.